The minimum Gasteiger partial charge on any atom is -0.339 e. The summed E-state index contributed by atoms with van der Waals surface area (Å²) in [5, 5.41) is 2.95. The Morgan fingerprint density at radius 3 is 2.45 bits per heavy atom. The second-order valence-corrected chi connectivity index (χ2v) is 7.33. The van der Waals surface area contributed by atoms with E-state index in [0.717, 1.165) is 19.5 Å². The van der Waals surface area contributed by atoms with Crippen LogP contribution in [0.4, 0.5) is 5.69 Å². The molecule has 5 nitrogen and oxygen atoms in total. The van der Waals surface area contributed by atoms with Gasteiger partial charge in [-0.1, -0.05) is 36.4 Å². The molecule has 0 saturated carbocycles. The summed E-state index contributed by atoms with van der Waals surface area (Å²) in [6, 6.07) is 17.6. The largest absolute Gasteiger partial charge is 0.339 e. The summed E-state index contributed by atoms with van der Waals surface area (Å²) in [7, 11) is 0. The number of carbonyl (C=O) groups is 2. The Balaban J connectivity index is 1.56. The van der Waals surface area contributed by atoms with Crippen molar-refractivity contribution < 1.29 is 14.5 Å². The number of nitrogens with zero attached hydrogens (tertiary/aromatic N) is 1. The number of nitrogens with one attached hydrogen (secondary N) is 2. The van der Waals surface area contributed by atoms with Gasteiger partial charge in [-0.05, 0) is 49.3 Å². The maximum Gasteiger partial charge on any atom is 0.279 e. The average molecular weight is 393 g/mol. The first-order valence-electron chi connectivity index (χ1n) is 10.4. The van der Waals surface area contributed by atoms with Gasteiger partial charge in [0.05, 0.1) is 13.1 Å². The minimum absolute atomic E-state index is 0.00802. The van der Waals surface area contributed by atoms with Crippen LogP contribution in [-0.2, 0) is 4.79 Å². The van der Waals surface area contributed by atoms with Gasteiger partial charge < -0.3 is 15.1 Å². The number of quaternary nitrogens is 1. The highest BCUT2D eigenvalue weighted by Crippen LogP contribution is 2.17. The molecule has 1 heterocycles. The number of rotatable bonds is 7. The number of anilines is 1. The number of hydrogen-bond donors (Lipinski definition) is 2. The standard InChI is InChI=1S/C24H29N3O2/c1-3-27(4-2)24(29)21-11-8-12-22(17-21)25-23(28)18-26-15-13-20(14-16-26)19-9-6-5-7-10-19/h5-13,17H,3-4,14-16,18H2,1-2H3,(H,25,28)/p+1. The molecule has 29 heavy (non-hydrogen) atoms. The van der Waals surface area contributed by atoms with Crippen LogP contribution in [0.1, 0.15) is 36.2 Å². The van der Waals surface area contributed by atoms with Crippen LogP contribution in [0.5, 0.6) is 0 Å². The van der Waals surface area contributed by atoms with Crippen molar-refractivity contribution in [3.8, 4) is 0 Å². The molecule has 0 saturated heterocycles. The van der Waals surface area contributed by atoms with Gasteiger partial charge in [0.2, 0.25) is 0 Å². The van der Waals surface area contributed by atoms with Gasteiger partial charge in [0, 0.05) is 30.8 Å². The first-order chi connectivity index (χ1) is 14.1. The van der Waals surface area contributed by atoms with Crippen molar-refractivity contribution in [1.82, 2.24) is 4.90 Å². The molecule has 0 aliphatic carbocycles. The van der Waals surface area contributed by atoms with Crippen LogP contribution in [0, 0.1) is 0 Å². The first-order valence-corrected chi connectivity index (χ1v) is 10.4. The van der Waals surface area contributed by atoms with E-state index in [-0.39, 0.29) is 11.8 Å². The Labute approximate surface area is 173 Å². The molecule has 5 heteroatoms. The van der Waals surface area contributed by atoms with E-state index in [9.17, 15) is 9.59 Å². The molecule has 1 aliphatic heterocycles. The van der Waals surface area contributed by atoms with E-state index < -0.39 is 0 Å². The van der Waals surface area contributed by atoms with Gasteiger partial charge in [-0.3, -0.25) is 9.59 Å². The smallest absolute Gasteiger partial charge is 0.279 e. The summed E-state index contributed by atoms with van der Waals surface area (Å²) in [4.78, 5) is 28.0. The topological polar surface area (TPSA) is 53.9 Å². The molecule has 0 aromatic heterocycles. The molecule has 2 aromatic rings. The van der Waals surface area contributed by atoms with Crippen molar-refractivity contribution in [2.24, 2.45) is 0 Å². The molecular formula is C24H30N3O2+. The van der Waals surface area contributed by atoms with E-state index in [1.54, 1.807) is 17.0 Å². The molecule has 2 aromatic carbocycles. The van der Waals surface area contributed by atoms with Gasteiger partial charge in [0.1, 0.15) is 0 Å². The van der Waals surface area contributed by atoms with Gasteiger partial charge in [-0.15, -0.1) is 0 Å². The lowest BCUT2D eigenvalue weighted by Gasteiger charge is -2.23. The highest BCUT2D eigenvalue weighted by atomic mass is 16.2. The summed E-state index contributed by atoms with van der Waals surface area (Å²) in [5.41, 5.74) is 3.90. The Morgan fingerprint density at radius 2 is 1.79 bits per heavy atom. The molecule has 1 aliphatic rings. The molecule has 2 amide bonds. The molecule has 0 fully saturated rings. The second kappa shape index (κ2) is 10.0. The van der Waals surface area contributed by atoms with E-state index in [0.29, 0.717) is 30.9 Å². The van der Waals surface area contributed by atoms with Crippen LogP contribution in [-0.4, -0.2) is 49.4 Å². The SMILES string of the molecule is CCN(CC)C(=O)c1cccc(NC(=O)C[NH+]2CC=C(c3ccccc3)CC2)c1. The van der Waals surface area contributed by atoms with Crippen LogP contribution in [0.15, 0.2) is 60.7 Å². The Morgan fingerprint density at radius 1 is 1.03 bits per heavy atom. The Kier molecular flexibility index (Phi) is 7.19. The fraction of sp³-hybridized carbons (Fsp3) is 0.333. The second-order valence-electron chi connectivity index (χ2n) is 7.33. The van der Waals surface area contributed by atoms with E-state index in [1.165, 1.54) is 16.0 Å². The van der Waals surface area contributed by atoms with E-state index in [4.69, 9.17) is 0 Å². The van der Waals surface area contributed by atoms with Crippen molar-refractivity contribution >= 4 is 23.1 Å². The zero-order valence-corrected chi connectivity index (χ0v) is 17.3. The van der Waals surface area contributed by atoms with Crippen molar-refractivity contribution in [1.29, 1.82) is 0 Å². The Hall–Kier alpha value is -2.92. The van der Waals surface area contributed by atoms with E-state index >= 15 is 0 Å². The van der Waals surface area contributed by atoms with Gasteiger partial charge in [0.25, 0.3) is 11.8 Å². The van der Waals surface area contributed by atoms with Gasteiger partial charge in [-0.25, -0.2) is 0 Å². The van der Waals surface area contributed by atoms with Crippen LogP contribution in [0.3, 0.4) is 0 Å². The summed E-state index contributed by atoms with van der Waals surface area (Å²) >= 11 is 0. The Bertz CT molecular complexity index is 873. The van der Waals surface area contributed by atoms with E-state index in [2.05, 4.69) is 35.7 Å². The summed E-state index contributed by atoms with van der Waals surface area (Å²) in [6.07, 6.45) is 3.21. The first kappa shape index (κ1) is 20.8. The van der Waals surface area contributed by atoms with Gasteiger partial charge in [-0.2, -0.15) is 0 Å². The van der Waals surface area contributed by atoms with Crippen LogP contribution >= 0.6 is 0 Å². The van der Waals surface area contributed by atoms with Crippen molar-refractivity contribution in [3.63, 3.8) is 0 Å². The van der Waals surface area contributed by atoms with Crippen molar-refractivity contribution in [3.05, 3.63) is 71.8 Å². The number of amides is 2. The van der Waals surface area contributed by atoms with Gasteiger partial charge >= 0.3 is 0 Å². The lowest BCUT2D eigenvalue weighted by atomic mass is 10.00. The average Bonchev–Trinajstić information content (AvgIpc) is 2.76. The van der Waals surface area contributed by atoms with Gasteiger partial charge in [0.15, 0.2) is 6.54 Å². The van der Waals surface area contributed by atoms with E-state index in [1.807, 2.05) is 32.0 Å². The lowest BCUT2D eigenvalue weighted by molar-refractivity contribution is -0.886. The maximum absolute atomic E-state index is 12.5. The van der Waals surface area contributed by atoms with Crippen molar-refractivity contribution in [2.75, 3.05) is 38.0 Å². The summed E-state index contributed by atoms with van der Waals surface area (Å²) in [6.45, 7) is 7.48. The molecule has 2 N–H and O–H groups in total. The highest BCUT2D eigenvalue weighted by molar-refractivity contribution is 5.97. The third-order valence-corrected chi connectivity index (χ3v) is 5.38. The normalized spacial score (nSPS) is 16.1. The van der Waals surface area contributed by atoms with Crippen LogP contribution < -0.4 is 10.2 Å². The predicted molar refractivity (Wildman–Crippen MR) is 117 cm³/mol. The quantitative estimate of drug-likeness (QED) is 0.761. The fourth-order valence-electron chi connectivity index (χ4n) is 3.71. The molecular weight excluding hydrogens is 362 g/mol. The number of hydrogen-bond acceptors (Lipinski definition) is 2. The third-order valence-electron chi connectivity index (χ3n) is 5.38. The third kappa shape index (κ3) is 5.55. The molecule has 1 unspecified atom stereocenters. The monoisotopic (exact) mass is 392 g/mol. The fourth-order valence-corrected chi connectivity index (χ4v) is 3.71. The molecule has 3 rings (SSSR count). The minimum atomic E-state index is -0.0241. The molecule has 0 spiro atoms. The molecule has 152 valence electrons. The maximum atomic E-state index is 12.5. The zero-order valence-electron chi connectivity index (χ0n) is 17.3. The molecule has 0 bridgehead atoms. The summed E-state index contributed by atoms with van der Waals surface area (Å²) < 4.78 is 0. The molecule has 1 atom stereocenters. The van der Waals surface area contributed by atoms with Crippen LogP contribution in [0.25, 0.3) is 5.57 Å². The predicted octanol–water partition coefficient (Wildman–Crippen LogP) is 2.48. The molecule has 0 radical (unpaired) electrons. The lowest BCUT2D eigenvalue weighted by Crippen LogP contribution is -3.13. The highest BCUT2D eigenvalue weighted by Gasteiger charge is 2.19. The number of benzene rings is 2. The van der Waals surface area contributed by atoms with Crippen LogP contribution in [0.2, 0.25) is 0 Å². The zero-order chi connectivity index (χ0) is 20.6. The van der Waals surface area contributed by atoms with Crippen molar-refractivity contribution in [2.45, 2.75) is 20.3 Å². The number of carbonyl (C=O) groups excluding carboxylic acids is 2. The summed E-state index contributed by atoms with van der Waals surface area (Å²) in [5.74, 6) is -0.0321.